The lowest BCUT2D eigenvalue weighted by molar-refractivity contribution is -0.146. The molecule has 0 saturated heterocycles. The van der Waals surface area contributed by atoms with E-state index in [0.29, 0.717) is 6.42 Å². The third-order valence-electron chi connectivity index (χ3n) is 5.48. The minimum Gasteiger partial charge on any atom is -0.480 e. The van der Waals surface area contributed by atoms with Crippen molar-refractivity contribution in [3.8, 4) is 0 Å². The van der Waals surface area contributed by atoms with Gasteiger partial charge in [0.25, 0.3) is 0 Å². The van der Waals surface area contributed by atoms with Crippen LogP contribution in [0.5, 0.6) is 0 Å². The summed E-state index contributed by atoms with van der Waals surface area (Å²) in [6, 6.07) is -1.06. The summed E-state index contributed by atoms with van der Waals surface area (Å²) in [5.41, 5.74) is -2.09. The monoisotopic (exact) mass is 356 g/mol. The van der Waals surface area contributed by atoms with Gasteiger partial charge in [0.05, 0.1) is 0 Å². The fourth-order valence-electron chi connectivity index (χ4n) is 3.08. The fourth-order valence-corrected chi connectivity index (χ4v) is 3.08. The fraction of sp³-hybridized carbons (Fsp3) is 0.842. The molecule has 0 aliphatic heterocycles. The largest absolute Gasteiger partial charge is 0.480 e. The summed E-state index contributed by atoms with van der Waals surface area (Å²) in [6.45, 7) is 15.0. The zero-order valence-electron chi connectivity index (χ0n) is 17.2. The predicted molar refractivity (Wildman–Crippen MR) is 99.3 cm³/mol. The molecule has 1 unspecified atom stereocenters. The van der Waals surface area contributed by atoms with E-state index >= 15 is 0 Å². The van der Waals surface area contributed by atoms with Gasteiger partial charge in [-0.3, -0.25) is 4.79 Å². The maximum atomic E-state index is 12.5. The normalized spacial score (nSPS) is 14.8. The molecule has 1 atom stereocenters. The summed E-state index contributed by atoms with van der Waals surface area (Å²) >= 11 is 0. The van der Waals surface area contributed by atoms with E-state index < -0.39 is 22.8 Å². The van der Waals surface area contributed by atoms with Crippen molar-refractivity contribution in [3.63, 3.8) is 0 Å². The molecule has 0 bridgehead atoms. The van der Waals surface area contributed by atoms with Crippen molar-refractivity contribution in [2.24, 2.45) is 16.2 Å². The summed E-state index contributed by atoms with van der Waals surface area (Å²) in [7, 11) is 1.84. The molecule has 25 heavy (non-hydrogen) atoms. The minimum absolute atomic E-state index is 0.192. The SMILES string of the molecule is CNC(C)(C)C(C)(C)CC(=O)NC(C(=O)O)C(C)(C)CC(C)(C)C=O. The third kappa shape index (κ3) is 6.42. The van der Waals surface area contributed by atoms with Crippen molar-refractivity contribution >= 4 is 18.2 Å². The summed E-state index contributed by atoms with van der Waals surface area (Å²) in [6.07, 6.45) is 1.37. The van der Waals surface area contributed by atoms with Crippen LogP contribution in [0.25, 0.3) is 0 Å². The first-order valence-electron chi connectivity index (χ1n) is 8.69. The number of nitrogens with one attached hydrogen (secondary N) is 2. The van der Waals surface area contributed by atoms with Crippen molar-refractivity contribution in [1.82, 2.24) is 10.6 Å². The Hall–Kier alpha value is -1.43. The van der Waals surface area contributed by atoms with E-state index in [0.717, 1.165) is 6.29 Å². The second kappa shape index (κ2) is 7.85. The van der Waals surface area contributed by atoms with Crippen LogP contribution in [0.4, 0.5) is 0 Å². The number of aliphatic carboxylic acids is 1. The van der Waals surface area contributed by atoms with Gasteiger partial charge in [0.2, 0.25) is 5.91 Å². The van der Waals surface area contributed by atoms with Crippen LogP contribution in [0.3, 0.4) is 0 Å². The average Bonchev–Trinajstić information content (AvgIpc) is 2.42. The van der Waals surface area contributed by atoms with E-state index in [9.17, 15) is 19.5 Å². The Morgan fingerprint density at radius 2 is 1.52 bits per heavy atom. The molecule has 146 valence electrons. The second-order valence-corrected chi connectivity index (χ2v) is 9.55. The molecule has 1 amide bonds. The third-order valence-corrected chi connectivity index (χ3v) is 5.48. The lowest BCUT2D eigenvalue weighted by atomic mass is 9.70. The molecule has 0 heterocycles. The van der Waals surface area contributed by atoms with E-state index in [-0.39, 0.29) is 23.3 Å². The van der Waals surface area contributed by atoms with Gasteiger partial charge >= 0.3 is 5.97 Å². The van der Waals surface area contributed by atoms with Gasteiger partial charge in [-0.25, -0.2) is 4.79 Å². The van der Waals surface area contributed by atoms with Crippen molar-refractivity contribution < 1.29 is 19.5 Å². The Bertz CT molecular complexity index is 508. The van der Waals surface area contributed by atoms with E-state index in [2.05, 4.69) is 10.6 Å². The first-order valence-corrected chi connectivity index (χ1v) is 8.69. The van der Waals surface area contributed by atoms with E-state index in [1.807, 2.05) is 34.7 Å². The first-order chi connectivity index (χ1) is 11.0. The van der Waals surface area contributed by atoms with Crippen LogP contribution in [-0.4, -0.2) is 41.9 Å². The molecule has 0 fully saturated rings. The highest BCUT2D eigenvalue weighted by Crippen LogP contribution is 2.36. The number of aldehydes is 1. The highest BCUT2D eigenvalue weighted by Gasteiger charge is 2.42. The van der Waals surface area contributed by atoms with Gasteiger partial charge in [-0.2, -0.15) is 0 Å². The maximum absolute atomic E-state index is 12.5. The number of carboxylic acid groups (broad SMARTS) is 1. The van der Waals surface area contributed by atoms with Crippen LogP contribution in [0.1, 0.15) is 68.2 Å². The Labute approximate surface area is 152 Å². The number of carbonyl (C=O) groups excluding carboxylic acids is 2. The Kier molecular flexibility index (Phi) is 7.40. The van der Waals surface area contributed by atoms with E-state index in [1.54, 1.807) is 27.7 Å². The van der Waals surface area contributed by atoms with Crippen LogP contribution in [0, 0.1) is 16.2 Å². The molecule has 6 nitrogen and oxygen atoms in total. The summed E-state index contributed by atoms with van der Waals surface area (Å²) in [5.74, 6) is -1.40. The van der Waals surface area contributed by atoms with Crippen LogP contribution < -0.4 is 10.6 Å². The molecule has 0 saturated carbocycles. The molecule has 0 rings (SSSR count). The van der Waals surface area contributed by atoms with E-state index in [4.69, 9.17) is 0 Å². The first kappa shape index (κ1) is 23.6. The predicted octanol–water partition coefficient (Wildman–Crippen LogP) is 2.61. The molecule has 0 radical (unpaired) electrons. The number of amides is 1. The molecular formula is C19H36N2O4. The standard InChI is InChI=1S/C19H36N2O4/c1-16(2,12-22)11-17(3,4)14(15(24)25)21-13(23)10-18(5,6)19(7,8)20-9/h12,14,20H,10-11H2,1-9H3,(H,21,23)(H,24,25). The number of hydrogen-bond acceptors (Lipinski definition) is 4. The highest BCUT2D eigenvalue weighted by molar-refractivity contribution is 5.84. The Morgan fingerprint density at radius 3 is 1.88 bits per heavy atom. The summed E-state index contributed by atoms with van der Waals surface area (Å²) in [4.78, 5) is 35.5. The molecule has 3 N–H and O–H groups in total. The van der Waals surface area contributed by atoms with Crippen molar-refractivity contribution in [2.75, 3.05) is 7.05 Å². The smallest absolute Gasteiger partial charge is 0.326 e. The summed E-state index contributed by atoms with van der Waals surface area (Å²) in [5, 5.41) is 15.5. The minimum atomic E-state index is -1.09. The van der Waals surface area contributed by atoms with Crippen molar-refractivity contribution in [1.29, 1.82) is 0 Å². The highest BCUT2D eigenvalue weighted by atomic mass is 16.4. The number of carboxylic acids is 1. The molecule has 0 aromatic rings. The van der Waals surface area contributed by atoms with Crippen molar-refractivity contribution in [2.45, 2.75) is 79.8 Å². The molecule has 0 aromatic heterocycles. The second-order valence-electron chi connectivity index (χ2n) is 9.55. The van der Waals surface area contributed by atoms with Crippen LogP contribution >= 0.6 is 0 Å². The molecule has 0 aliphatic rings. The van der Waals surface area contributed by atoms with Crippen LogP contribution in [0.15, 0.2) is 0 Å². The van der Waals surface area contributed by atoms with Gasteiger partial charge in [0, 0.05) is 17.4 Å². The Morgan fingerprint density at radius 1 is 1.04 bits per heavy atom. The number of carbonyl (C=O) groups is 3. The lowest BCUT2D eigenvalue weighted by Crippen LogP contribution is -2.55. The van der Waals surface area contributed by atoms with Gasteiger partial charge in [-0.15, -0.1) is 0 Å². The molecule has 0 aliphatic carbocycles. The van der Waals surface area contributed by atoms with Gasteiger partial charge in [0.15, 0.2) is 0 Å². The summed E-state index contributed by atoms with van der Waals surface area (Å²) < 4.78 is 0. The lowest BCUT2D eigenvalue weighted by Gasteiger charge is -2.42. The van der Waals surface area contributed by atoms with Crippen molar-refractivity contribution in [3.05, 3.63) is 0 Å². The molecule has 0 aromatic carbocycles. The zero-order valence-corrected chi connectivity index (χ0v) is 17.2. The average molecular weight is 357 g/mol. The van der Waals surface area contributed by atoms with E-state index in [1.165, 1.54) is 0 Å². The zero-order chi connectivity index (χ0) is 20.3. The Balaban J connectivity index is 5.31. The number of hydrogen-bond donors (Lipinski definition) is 3. The van der Waals surface area contributed by atoms with Gasteiger partial charge < -0.3 is 20.5 Å². The molecule has 0 spiro atoms. The van der Waals surface area contributed by atoms with Gasteiger partial charge in [-0.1, -0.05) is 41.5 Å². The quantitative estimate of drug-likeness (QED) is 0.523. The molecule has 6 heteroatoms. The molecular weight excluding hydrogens is 320 g/mol. The maximum Gasteiger partial charge on any atom is 0.326 e. The van der Waals surface area contributed by atoms with Gasteiger partial charge in [0.1, 0.15) is 12.3 Å². The van der Waals surface area contributed by atoms with Gasteiger partial charge in [-0.05, 0) is 38.1 Å². The number of rotatable bonds is 10. The van der Waals surface area contributed by atoms with Crippen LogP contribution in [0.2, 0.25) is 0 Å². The van der Waals surface area contributed by atoms with Crippen LogP contribution in [-0.2, 0) is 14.4 Å². The topological polar surface area (TPSA) is 95.5 Å².